The minimum atomic E-state index is -3.85. The van der Waals surface area contributed by atoms with Gasteiger partial charge in [-0.25, -0.2) is 13.6 Å². The molecule has 0 saturated heterocycles. The molecule has 0 radical (unpaired) electrons. The van der Waals surface area contributed by atoms with Gasteiger partial charge in [0.15, 0.2) is 0 Å². The Morgan fingerprint density at radius 1 is 1.22 bits per heavy atom. The van der Waals surface area contributed by atoms with Gasteiger partial charge in [0, 0.05) is 18.1 Å². The van der Waals surface area contributed by atoms with Gasteiger partial charge in [-0.05, 0) is 42.9 Å². The van der Waals surface area contributed by atoms with E-state index < -0.39 is 21.4 Å². The summed E-state index contributed by atoms with van der Waals surface area (Å²) >= 11 is 0. The summed E-state index contributed by atoms with van der Waals surface area (Å²) < 4.78 is 22.6. The van der Waals surface area contributed by atoms with Gasteiger partial charge in [0.25, 0.3) is 0 Å². The number of nitrogens with two attached hydrogens (primary N) is 1. The zero-order valence-electron chi connectivity index (χ0n) is 12.6. The van der Waals surface area contributed by atoms with Crippen LogP contribution >= 0.6 is 0 Å². The van der Waals surface area contributed by atoms with Crippen molar-refractivity contribution in [1.82, 2.24) is 0 Å². The molecule has 0 heterocycles. The number of hydrogen-bond acceptors (Lipinski definition) is 5. The maximum absolute atomic E-state index is 12.2. The van der Waals surface area contributed by atoms with Crippen LogP contribution in [0.3, 0.4) is 0 Å². The summed E-state index contributed by atoms with van der Waals surface area (Å²) in [6, 6.07) is 5.63. The lowest BCUT2D eigenvalue weighted by molar-refractivity contribution is -0.308. The summed E-state index contributed by atoms with van der Waals surface area (Å²) in [6.45, 7) is 0. The van der Waals surface area contributed by atoms with Gasteiger partial charge in [0.1, 0.15) is 0 Å². The molecular weight excluding hydrogens is 320 g/mol. The highest BCUT2D eigenvalue weighted by Gasteiger charge is 2.36. The molecule has 1 saturated carbocycles. The molecule has 1 aliphatic rings. The lowest BCUT2D eigenvalue weighted by Crippen LogP contribution is -2.33. The third-order valence-electron chi connectivity index (χ3n) is 4.17. The number of nitrogens with one attached hydrogen (secondary N) is 1. The molecule has 2 rings (SSSR count). The summed E-state index contributed by atoms with van der Waals surface area (Å²) in [4.78, 5) is 23.0. The van der Waals surface area contributed by atoms with Crippen LogP contribution in [0.1, 0.15) is 38.5 Å². The van der Waals surface area contributed by atoms with Crippen molar-refractivity contribution < 1.29 is 23.1 Å². The summed E-state index contributed by atoms with van der Waals surface area (Å²) in [6.07, 6.45) is 3.05. The second kappa shape index (κ2) is 6.67. The molecule has 0 aliphatic heterocycles. The second-order valence-corrected chi connectivity index (χ2v) is 7.62. The van der Waals surface area contributed by atoms with E-state index >= 15 is 0 Å². The molecule has 1 aromatic rings. The van der Waals surface area contributed by atoms with E-state index in [0.717, 1.165) is 12.8 Å². The Hall–Kier alpha value is -1.93. The van der Waals surface area contributed by atoms with Crippen molar-refractivity contribution in [3.05, 3.63) is 24.3 Å². The Kier molecular flexibility index (Phi) is 5.06. The minimum absolute atomic E-state index is 0.0700. The van der Waals surface area contributed by atoms with Crippen LogP contribution in [0.15, 0.2) is 29.2 Å². The fourth-order valence-electron chi connectivity index (χ4n) is 3.14. The number of carbonyl (C=O) groups is 2. The van der Waals surface area contributed by atoms with E-state index in [4.69, 9.17) is 5.14 Å². The highest BCUT2D eigenvalue weighted by atomic mass is 32.2. The minimum Gasteiger partial charge on any atom is -0.550 e. The van der Waals surface area contributed by atoms with Gasteiger partial charge in [0.2, 0.25) is 15.9 Å². The standard InChI is InChI=1S/C15H20N2O5S/c16-23(21,22)12-5-3-4-11(8-12)17-13(18)9-15(10-14(19)20)6-1-2-7-15/h3-5,8H,1-2,6-7,9-10H2,(H,17,18)(H,19,20)(H2,16,21,22)/p-1. The molecule has 0 unspecified atom stereocenters. The molecule has 8 heteroatoms. The SMILES string of the molecule is NS(=O)(=O)c1cccc(NC(=O)CC2(CC(=O)[O-])CCCC2)c1. The summed E-state index contributed by atoms with van der Waals surface area (Å²) in [5.74, 6) is -1.50. The molecule has 7 nitrogen and oxygen atoms in total. The molecule has 126 valence electrons. The first-order chi connectivity index (χ1) is 10.7. The van der Waals surface area contributed by atoms with Crippen LogP contribution < -0.4 is 15.6 Å². The Morgan fingerprint density at radius 2 is 1.87 bits per heavy atom. The zero-order valence-corrected chi connectivity index (χ0v) is 13.4. The number of benzene rings is 1. The van der Waals surface area contributed by atoms with Gasteiger partial charge in [-0.3, -0.25) is 4.79 Å². The van der Waals surface area contributed by atoms with Crippen LogP contribution in [-0.2, 0) is 19.6 Å². The first-order valence-electron chi connectivity index (χ1n) is 7.33. The largest absolute Gasteiger partial charge is 0.550 e. The predicted octanol–water partition coefficient (Wildman–Crippen LogP) is 0.363. The van der Waals surface area contributed by atoms with Crippen LogP contribution in [0.2, 0.25) is 0 Å². The van der Waals surface area contributed by atoms with Crippen LogP contribution in [0.5, 0.6) is 0 Å². The third-order valence-corrected chi connectivity index (χ3v) is 5.08. The highest BCUT2D eigenvalue weighted by molar-refractivity contribution is 7.89. The number of hydrogen-bond donors (Lipinski definition) is 2. The van der Waals surface area contributed by atoms with E-state index in [0.29, 0.717) is 18.5 Å². The number of carbonyl (C=O) groups excluding carboxylic acids is 2. The van der Waals surface area contributed by atoms with Crippen molar-refractivity contribution in [2.75, 3.05) is 5.32 Å². The van der Waals surface area contributed by atoms with Crippen LogP contribution in [0.4, 0.5) is 5.69 Å². The number of amides is 1. The smallest absolute Gasteiger partial charge is 0.238 e. The lowest BCUT2D eigenvalue weighted by atomic mass is 9.79. The molecule has 0 spiro atoms. The monoisotopic (exact) mass is 339 g/mol. The highest BCUT2D eigenvalue weighted by Crippen LogP contribution is 2.44. The van der Waals surface area contributed by atoms with Gasteiger partial charge in [-0.15, -0.1) is 0 Å². The summed E-state index contributed by atoms with van der Waals surface area (Å²) in [5, 5.41) is 18.6. The van der Waals surface area contributed by atoms with Crippen molar-refractivity contribution in [3.8, 4) is 0 Å². The van der Waals surface area contributed by atoms with E-state index in [1.165, 1.54) is 18.2 Å². The predicted molar refractivity (Wildman–Crippen MR) is 81.6 cm³/mol. The number of aliphatic carboxylic acids is 1. The maximum Gasteiger partial charge on any atom is 0.238 e. The second-order valence-electron chi connectivity index (χ2n) is 6.05. The first-order valence-corrected chi connectivity index (χ1v) is 8.87. The van der Waals surface area contributed by atoms with Crippen LogP contribution in [0, 0.1) is 5.41 Å². The van der Waals surface area contributed by atoms with E-state index in [-0.39, 0.29) is 23.6 Å². The summed E-state index contributed by atoms with van der Waals surface area (Å²) in [5.41, 5.74) is -0.261. The van der Waals surface area contributed by atoms with Gasteiger partial charge >= 0.3 is 0 Å². The Balaban J connectivity index is 2.08. The fourth-order valence-corrected chi connectivity index (χ4v) is 3.70. The number of primary sulfonamides is 1. The lowest BCUT2D eigenvalue weighted by Gasteiger charge is -2.28. The molecular formula is C15H19N2O5S-. The number of rotatable bonds is 6. The molecule has 3 N–H and O–H groups in total. The van der Waals surface area contributed by atoms with E-state index in [1.807, 2.05) is 0 Å². The average molecular weight is 339 g/mol. The Morgan fingerprint density at radius 3 is 2.43 bits per heavy atom. The Bertz CT molecular complexity index is 708. The van der Waals surface area contributed by atoms with Crippen molar-refractivity contribution in [2.24, 2.45) is 10.6 Å². The molecule has 0 aromatic heterocycles. The van der Waals surface area contributed by atoms with Gasteiger partial charge in [0.05, 0.1) is 4.90 Å². The fraction of sp³-hybridized carbons (Fsp3) is 0.467. The van der Waals surface area contributed by atoms with Crippen molar-refractivity contribution in [2.45, 2.75) is 43.4 Å². The maximum atomic E-state index is 12.2. The molecule has 23 heavy (non-hydrogen) atoms. The molecule has 1 aliphatic carbocycles. The Labute approximate surface area is 134 Å². The molecule has 1 aromatic carbocycles. The molecule has 1 fully saturated rings. The van der Waals surface area contributed by atoms with Crippen molar-refractivity contribution in [3.63, 3.8) is 0 Å². The summed E-state index contributed by atoms with van der Waals surface area (Å²) in [7, 11) is -3.85. The number of carboxylic acids is 1. The van der Waals surface area contributed by atoms with Gasteiger partial charge in [-0.1, -0.05) is 18.9 Å². The third kappa shape index (κ3) is 4.77. The normalized spacial score (nSPS) is 16.9. The quantitative estimate of drug-likeness (QED) is 0.773. The van der Waals surface area contributed by atoms with E-state index in [1.54, 1.807) is 6.07 Å². The zero-order chi connectivity index (χ0) is 17.1. The van der Waals surface area contributed by atoms with Crippen LogP contribution in [-0.4, -0.2) is 20.3 Å². The van der Waals surface area contributed by atoms with Gasteiger partial charge < -0.3 is 15.2 Å². The van der Waals surface area contributed by atoms with E-state index in [2.05, 4.69) is 5.32 Å². The van der Waals surface area contributed by atoms with Crippen molar-refractivity contribution >= 4 is 27.6 Å². The first kappa shape index (κ1) is 17.4. The van der Waals surface area contributed by atoms with E-state index in [9.17, 15) is 23.1 Å². The average Bonchev–Trinajstić information content (AvgIpc) is 2.84. The van der Waals surface area contributed by atoms with Gasteiger partial charge in [-0.2, -0.15) is 0 Å². The van der Waals surface area contributed by atoms with Crippen LogP contribution in [0.25, 0.3) is 0 Å². The number of anilines is 1. The number of carboxylic acid groups (broad SMARTS) is 1. The topological polar surface area (TPSA) is 129 Å². The molecule has 1 amide bonds. The van der Waals surface area contributed by atoms with Crippen molar-refractivity contribution in [1.29, 1.82) is 0 Å². The number of sulfonamides is 1. The molecule has 0 bridgehead atoms. The molecule has 0 atom stereocenters.